The Labute approximate surface area is 126 Å². The number of piperidine rings is 1. The minimum absolute atomic E-state index is 0.0204. The molecular formula is C14H18F3N3O2. The molecule has 1 N–H and O–H groups in total. The Hall–Kier alpha value is -1.41. The fourth-order valence-electron chi connectivity index (χ4n) is 3.49. The standard InChI is InChI=1S/C14H18F3N3O2/c1-22-11-8-10(21)13(11)3-6-20(7-4-13)12-18-5-2-9(19-12)14(15,16)17/h2,5,10-11,21H,3-4,6-8H2,1H3/t10-,11+/m1/s1. The van der Waals surface area contributed by atoms with Gasteiger partial charge in [0.1, 0.15) is 5.69 Å². The maximum absolute atomic E-state index is 12.7. The van der Waals surface area contributed by atoms with Crippen molar-refractivity contribution >= 4 is 5.95 Å². The van der Waals surface area contributed by atoms with E-state index in [9.17, 15) is 18.3 Å². The van der Waals surface area contributed by atoms with Gasteiger partial charge in [0.2, 0.25) is 5.95 Å². The lowest BCUT2D eigenvalue weighted by molar-refractivity contribution is -0.190. The van der Waals surface area contributed by atoms with Gasteiger partial charge in [-0.25, -0.2) is 9.97 Å². The molecular weight excluding hydrogens is 299 g/mol. The third-order valence-electron chi connectivity index (χ3n) is 4.94. The Kier molecular flexibility index (Phi) is 3.76. The van der Waals surface area contributed by atoms with Gasteiger partial charge in [-0.05, 0) is 18.9 Å². The van der Waals surface area contributed by atoms with Crippen molar-refractivity contribution in [1.29, 1.82) is 0 Å². The number of aromatic nitrogens is 2. The average Bonchev–Trinajstić information content (AvgIpc) is 2.52. The number of alkyl halides is 3. The fraction of sp³-hybridized carbons (Fsp3) is 0.714. The SMILES string of the molecule is CO[C@H]1C[C@@H](O)C12CCN(c1nccc(C(F)(F)F)n1)CC2. The van der Waals surface area contributed by atoms with Crippen molar-refractivity contribution in [3.8, 4) is 0 Å². The van der Waals surface area contributed by atoms with Crippen molar-refractivity contribution < 1.29 is 23.0 Å². The van der Waals surface area contributed by atoms with Crippen LogP contribution in [0.25, 0.3) is 0 Å². The van der Waals surface area contributed by atoms with Crippen molar-refractivity contribution in [2.45, 2.75) is 37.6 Å². The Bertz CT molecular complexity index is 544. The van der Waals surface area contributed by atoms with Crippen LogP contribution < -0.4 is 4.90 Å². The zero-order valence-electron chi connectivity index (χ0n) is 12.2. The van der Waals surface area contributed by atoms with Gasteiger partial charge in [-0.2, -0.15) is 13.2 Å². The maximum atomic E-state index is 12.7. The molecule has 2 heterocycles. The Balaban J connectivity index is 1.72. The molecule has 22 heavy (non-hydrogen) atoms. The molecule has 2 aliphatic rings. The second-order valence-corrected chi connectivity index (χ2v) is 5.94. The summed E-state index contributed by atoms with van der Waals surface area (Å²) in [6.07, 6.45) is -1.78. The van der Waals surface area contributed by atoms with Gasteiger partial charge in [0.25, 0.3) is 0 Å². The molecule has 8 heteroatoms. The minimum Gasteiger partial charge on any atom is -0.392 e. The van der Waals surface area contributed by atoms with Crippen LogP contribution in [0.4, 0.5) is 19.1 Å². The highest BCUT2D eigenvalue weighted by atomic mass is 19.4. The normalized spacial score (nSPS) is 27.8. The second kappa shape index (κ2) is 5.34. The summed E-state index contributed by atoms with van der Waals surface area (Å²) in [4.78, 5) is 9.30. The van der Waals surface area contributed by atoms with Crippen LogP contribution in [-0.2, 0) is 10.9 Å². The third kappa shape index (κ3) is 2.44. The van der Waals surface area contributed by atoms with Crippen LogP contribution in [0, 0.1) is 5.41 Å². The molecule has 0 unspecified atom stereocenters. The number of hydrogen-bond acceptors (Lipinski definition) is 5. The fourth-order valence-corrected chi connectivity index (χ4v) is 3.49. The maximum Gasteiger partial charge on any atom is 0.433 e. The molecule has 1 aromatic rings. The number of nitrogens with zero attached hydrogens (tertiary/aromatic N) is 3. The van der Waals surface area contributed by atoms with Gasteiger partial charge in [-0.3, -0.25) is 0 Å². The topological polar surface area (TPSA) is 58.5 Å². The van der Waals surface area contributed by atoms with E-state index >= 15 is 0 Å². The predicted molar refractivity (Wildman–Crippen MR) is 72.3 cm³/mol. The molecule has 1 aliphatic heterocycles. The van der Waals surface area contributed by atoms with Gasteiger partial charge in [-0.15, -0.1) is 0 Å². The van der Waals surface area contributed by atoms with Crippen LogP contribution in [-0.4, -0.2) is 47.5 Å². The Morgan fingerprint density at radius 2 is 2.05 bits per heavy atom. The zero-order chi connectivity index (χ0) is 16.0. The second-order valence-electron chi connectivity index (χ2n) is 5.94. The summed E-state index contributed by atoms with van der Waals surface area (Å²) in [6, 6.07) is 0.867. The van der Waals surface area contributed by atoms with Crippen molar-refractivity contribution in [3.05, 3.63) is 18.0 Å². The molecule has 0 amide bonds. The third-order valence-corrected chi connectivity index (χ3v) is 4.94. The molecule has 3 rings (SSSR count). The van der Waals surface area contributed by atoms with Crippen molar-refractivity contribution in [2.24, 2.45) is 5.41 Å². The molecule has 2 atom stereocenters. The molecule has 1 aromatic heterocycles. The quantitative estimate of drug-likeness (QED) is 0.902. The van der Waals surface area contributed by atoms with Gasteiger partial charge in [-0.1, -0.05) is 0 Å². The molecule has 1 aliphatic carbocycles. The molecule has 1 saturated heterocycles. The first-order valence-corrected chi connectivity index (χ1v) is 7.23. The monoisotopic (exact) mass is 317 g/mol. The van der Waals surface area contributed by atoms with Crippen LogP contribution in [0.1, 0.15) is 25.0 Å². The van der Waals surface area contributed by atoms with E-state index < -0.39 is 18.0 Å². The summed E-state index contributed by atoms with van der Waals surface area (Å²) < 4.78 is 43.5. The van der Waals surface area contributed by atoms with E-state index in [1.165, 1.54) is 0 Å². The van der Waals surface area contributed by atoms with E-state index in [1.807, 2.05) is 0 Å². The van der Waals surface area contributed by atoms with Crippen molar-refractivity contribution in [1.82, 2.24) is 9.97 Å². The Morgan fingerprint density at radius 1 is 1.36 bits per heavy atom. The van der Waals surface area contributed by atoms with Crippen LogP contribution in [0.5, 0.6) is 0 Å². The first kappa shape index (κ1) is 15.5. The van der Waals surface area contributed by atoms with Crippen LogP contribution in [0.15, 0.2) is 12.3 Å². The van der Waals surface area contributed by atoms with E-state index in [1.54, 1.807) is 12.0 Å². The highest BCUT2D eigenvalue weighted by molar-refractivity contribution is 5.32. The molecule has 1 spiro atoms. The van der Waals surface area contributed by atoms with Crippen LogP contribution in [0.3, 0.4) is 0 Å². The van der Waals surface area contributed by atoms with Gasteiger partial charge < -0.3 is 14.7 Å². The molecule has 5 nitrogen and oxygen atoms in total. The van der Waals surface area contributed by atoms with Crippen molar-refractivity contribution in [3.63, 3.8) is 0 Å². The summed E-state index contributed by atoms with van der Waals surface area (Å²) in [6.45, 7) is 1.02. The molecule has 1 saturated carbocycles. The van der Waals surface area contributed by atoms with E-state index in [-0.39, 0.29) is 17.5 Å². The predicted octanol–water partition coefficient (Wildman–Crippen LogP) is 1.86. The molecule has 0 radical (unpaired) electrons. The largest absolute Gasteiger partial charge is 0.433 e. The lowest BCUT2D eigenvalue weighted by atomic mass is 9.58. The highest BCUT2D eigenvalue weighted by Gasteiger charge is 2.56. The number of rotatable bonds is 2. The van der Waals surface area contributed by atoms with Gasteiger partial charge >= 0.3 is 6.18 Å². The highest BCUT2D eigenvalue weighted by Crippen LogP contribution is 2.50. The number of aliphatic hydroxyl groups excluding tert-OH is 1. The number of aliphatic hydroxyl groups is 1. The van der Waals surface area contributed by atoms with E-state index in [2.05, 4.69) is 9.97 Å². The summed E-state index contributed by atoms with van der Waals surface area (Å²) in [5.41, 5.74) is -1.20. The van der Waals surface area contributed by atoms with Gasteiger partial charge in [0.15, 0.2) is 0 Å². The van der Waals surface area contributed by atoms with Crippen LogP contribution >= 0.6 is 0 Å². The lowest BCUT2D eigenvalue weighted by Gasteiger charge is -2.56. The van der Waals surface area contributed by atoms with E-state index in [0.717, 1.165) is 12.3 Å². The average molecular weight is 317 g/mol. The summed E-state index contributed by atoms with van der Waals surface area (Å²) in [7, 11) is 1.63. The summed E-state index contributed by atoms with van der Waals surface area (Å²) >= 11 is 0. The minimum atomic E-state index is -4.47. The molecule has 0 bridgehead atoms. The number of hydrogen-bond donors (Lipinski definition) is 1. The van der Waals surface area contributed by atoms with E-state index in [4.69, 9.17) is 4.74 Å². The summed E-state index contributed by atoms with van der Waals surface area (Å²) in [5, 5.41) is 10.1. The van der Waals surface area contributed by atoms with Crippen molar-refractivity contribution in [2.75, 3.05) is 25.1 Å². The number of halogens is 3. The van der Waals surface area contributed by atoms with Crippen LogP contribution in [0.2, 0.25) is 0 Å². The molecule has 122 valence electrons. The first-order valence-electron chi connectivity index (χ1n) is 7.23. The Morgan fingerprint density at radius 3 is 2.59 bits per heavy atom. The number of anilines is 1. The smallest absolute Gasteiger partial charge is 0.392 e. The number of methoxy groups -OCH3 is 1. The molecule has 0 aromatic carbocycles. The lowest BCUT2D eigenvalue weighted by Crippen LogP contribution is -2.62. The van der Waals surface area contributed by atoms with Gasteiger partial charge in [0, 0.05) is 38.2 Å². The van der Waals surface area contributed by atoms with Gasteiger partial charge in [0.05, 0.1) is 12.2 Å². The zero-order valence-corrected chi connectivity index (χ0v) is 12.2. The first-order chi connectivity index (χ1) is 10.4. The van der Waals surface area contributed by atoms with E-state index in [0.29, 0.717) is 32.4 Å². The molecule has 2 fully saturated rings. The number of ether oxygens (including phenoxy) is 1. The summed E-state index contributed by atoms with van der Waals surface area (Å²) in [5.74, 6) is 0.0902.